The monoisotopic (exact) mass is 357 g/mol. The van der Waals surface area contributed by atoms with E-state index in [9.17, 15) is 8.42 Å². The van der Waals surface area contributed by atoms with E-state index in [0.29, 0.717) is 36.3 Å². The molecule has 24 heavy (non-hydrogen) atoms. The van der Waals surface area contributed by atoms with Crippen LogP contribution in [0.4, 0.5) is 0 Å². The second-order valence-electron chi connectivity index (χ2n) is 6.32. The summed E-state index contributed by atoms with van der Waals surface area (Å²) in [5, 5.41) is 0. The molecule has 0 radical (unpaired) electrons. The summed E-state index contributed by atoms with van der Waals surface area (Å²) in [6.07, 6.45) is 6.55. The Kier molecular flexibility index (Phi) is 6.86. The van der Waals surface area contributed by atoms with Gasteiger partial charge in [0.1, 0.15) is 12.4 Å². The summed E-state index contributed by atoms with van der Waals surface area (Å²) >= 11 is 0. The van der Waals surface area contributed by atoms with Crippen LogP contribution >= 0.6 is 0 Å². The van der Waals surface area contributed by atoms with Crippen LogP contribution in [0.15, 0.2) is 6.07 Å². The minimum absolute atomic E-state index is 0.131. The normalized spacial score (nSPS) is 15.1. The molecule has 1 aliphatic carbocycles. The van der Waals surface area contributed by atoms with Crippen molar-refractivity contribution in [2.75, 3.05) is 19.5 Å². The number of nitrogens with zero attached hydrogens (tertiary/aromatic N) is 1. The Hall–Kier alpha value is -1.34. The average molecular weight is 357 g/mol. The van der Waals surface area contributed by atoms with Crippen molar-refractivity contribution >= 4 is 10.1 Å². The number of rotatable bonds is 10. The summed E-state index contributed by atoms with van der Waals surface area (Å²) in [5.41, 5.74) is 1.33. The third-order valence-corrected chi connectivity index (χ3v) is 4.57. The highest BCUT2D eigenvalue weighted by molar-refractivity contribution is 7.85. The molecule has 6 nitrogen and oxygen atoms in total. The Morgan fingerprint density at radius 2 is 2.04 bits per heavy atom. The van der Waals surface area contributed by atoms with Gasteiger partial charge in [-0.2, -0.15) is 8.42 Å². The lowest BCUT2D eigenvalue weighted by molar-refractivity contribution is 0.175. The molecule has 1 aromatic heterocycles. The highest BCUT2D eigenvalue weighted by Gasteiger charge is 2.21. The van der Waals surface area contributed by atoms with Gasteiger partial charge in [0.25, 0.3) is 10.1 Å². The molecule has 7 heteroatoms. The molecule has 136 valence electrons. The van der Waals surface area contributed by atoms with Gasteiger partial charge >= 0.3 is 0 Å². The van der Waals surface area contributed by atoms with E-state index in [1.807, 2.05) is 13.0 Å². The zero-order valence-corrected chi connectivity index (χ0v) is 15.5. The molecular weight excluding hydrogens is 330 g/mol. The van der Waals surface area contributed by atoms with Crippen molar-refractivity contribution in [3.63, 3.8) is 0 Å². The molecule has 2 rings (SSSR count). The quantitative estimate of drug-likeness (QED) is 0.473. The maximum absolute atomic E-state index is 11.4. The van der Waals surface area contributed by atoms with Gasteiger partial charge in [-0.05, 0) is 32.1 Å². The van der Waals surface area contributed by atoms with Crippen molar-refractivity contribution in [3.8, 4) is 11.6 Å². The molecule has 0 atom stereocenters. The summed E-state index contributed by atoms with van der Waals surface area (Å²) < 4.78 is 39.4. The van der Waals surface area contributed by atoms with E-state index < -0.39 is 10.1 Å². The Morgan fingerprint density at radius 1 is 1.29 bits per heavy atom. The van der Waals surface area contributed by atoms with Crippen LogP contribution in [0.25, 0.3) is 0 Å². The molecule has 0 aliphatic heterocycles. The second kappa shape index (κ2) is 8.67. The van der Waals surface area contributed by atoms with E-state index in [4.69, 9.17) is 13.7 Å². The number of ether oxygens (including phenoxy) is 2. The fourth-order valence-corrected chi connectivity index (χ4v) is 2.70. The molecule has 0 spiro atoms. The molecule has 0 saturated heterocycles. The second-order valence-corrected chi connectivity index (χ2v) is 7.97. The van der Waals surface area contributed by atoms with Gasteiger partial charge in [0, 0.05) is 11.8 Å². The lowest BCUT2D eigenvalue weighted by Crippen LogP contribution is -2.20. The highest BCUT2D eigenvalue weighted by Crippen LogP contribution is 2.32. The van der Waals surface area contributed by atoms with Gasteiger partial charge in [-0.25, -0.2) is 4.98 Å². The van der Waals surface area contributed by atoms with Gasteiger partial charge in [0.05, 0.1) is 25.0 Å². The number of aryl methyl sites for hydroxylation is 1. The fourth-order valence-electron chi connectivity index (χ4n) is 2.37. The van der Waals surface area contributed by atoms with Crippen LogP contribution in [0.2, 0.25) is 0 Å². The van der Waals surface area contributed by atoms with Crippen molar-refractivity contribution in [1.82, 2.24) is 4.98 Å². The Morgan fingerprint density at radius 3 is 2.62 bits per heavy atom. The third-order valence-electron chi connectivity index (χ3n) is 4.03. The lowest BCUT2D eigenvalue weighted by atomic mass is 9.86. The maximum Gasteiger partial charge on any atom is 0.264 e. The number of pyridine rings is 1. The van der Waals surface area contributed by atoms with E-state index in [1.165, 1.54) is 19.3 Å². The van der Waals surface area contributed by atoms with Crippen LogP contribution < -0.4 is 9.47 Å². The molecule has 1 aliphatic rings. The number of aromatic nitrogens is 1. The molecule has 0 unspecified atom stereocenters. The first-order valence-electron chi connectivity index (χ1n) is 8.49. The summed E-state index contributed by atoms with van der Waals surface area (Å²) in [5.74, 6) is 1.58. The first-order chi connectivity index (χ1) is 11.4. The topological polar surface area (TPSA) is 74.7 Å². The van der Waals surface area contributed by atoms with E-state index in [-0.39, 0.29) is 6.61 Å². The number of unbranched alkanes of at least 4 members (excludes halogenated alkanes) is 1. The van der Waals surface area contributed by atoms with Gasteiger partial charge in [-0.3, -0.25) is 4.18 Å². The minimum atomic E-state index is -3.55. The van der Waals surface area contributed by atoms with Crippen molar-refractivity contribution in [2.24, 2.45) is 5.92 Å². The summed E-state index contributed by atoms with van der Waals surface area (Å²) in [7, 11) is -3.55. The standard InChI is InChI=1S/C17H27NO5S/c1-4-5-9-21-17-15(12-23-24(3,19)20)16(10-13(2)18-17)22-11-14-7-6-8-14/h10,14H,4-9,11-12H2,1-3H3. The summed E-state index contributed by atoms with van der Waals surface area (Å²) in [6.45, 7) is 4.97. The molecule has 1 fully saturated rings. The van der Waals surface area contributed by atoms with Crippen molar-refractivity contribution in [2.45, 2.75) is 52.6 Å². The van der Waals surface area contributed by atoms with Gasteiger partial charge in [-0.15, -0.1) is 0 Å². The van der Waals surface area contributed by atoms with Crippen molar-refractivity contribution in [3.05, 3.63) is 17.3 Å². The lowest BCUT2D eigenvalue weighted by Gasteiger charge is -2.26. The molecule has 0 N–H and O–H groups in total. The molecule has 0 aromatic carbocycles. The molecular formula is C17H27NO5S. The molecule has 1 aromatic rings. The zero-order valence-electron chi connectivity index (χ0n) is 14.7. The van der Waals surface area contributed by atoms with Crippen molar-refractivity contribution < 1.29 is 22.1 Å². The van der Waals surface area contributed by atoms with Crippen LogP contribution in [0.3, 0.4) is 0 Å². The molecule has 0 amide bonds. The van der Waals surface area contributed by atoms with Crippen molar-refractivity contribution in [1.29, 1.82) is 0 Å². The predicted molar refractivity (Wildman–Crippen MR) is 91.8 cm³/mol. The van der Waals surface area contributed by atoms with Gasteiger partial charge < -0.3 is 9.47 Å². The van der Waals surface area contributed by atoms with Crippen LogP contribution in [0.1, 0.15) is 50.3 Å². The van der Waals surface area contributed by atoms with Crippen LogP contribution in [-0.2, 0) is 20.9 Å². The van der Waals surface area contributed by atoms with E-state index in [2.05, 4.69) is 11.9 Å². The maximum atomic E-state index is 11.4. The number of hydrogen-bond donors (Lipinski definition) is 0. The summed E-state index contributed by atoms with van der Waals surface area (Å²) in [4.78, 5) is 4.39. The molecule has 1 saturated carbocycles. The van der Waals surface area contributed by atoms with Crippen LogP contribution in [0, 0.1) is 12.8 Å². The van der Waals surface area contributed by atoms with Gasteiger partial charge in [0.15, 0.2) is 0 Å². The first-order valence-corrected chi connectivity index (χ1v) is 10.3. The third kappa shape index (κ3) is 5.94. The fraction of sp³-hybridized carbons (Fsp3) is 0.706. The Bertz CT molecular complexity index is 641. The van der Waals surface area contributed by atoms with Crippen LogP contribution in [0.5, 0.6) is 11.6 Å². The largest absolute Gasteiger partial charge is 0.493 e. The van der Waals surface area contributed by atoms with E-state index in [0.717, 1.165) is 24.8 Å². The Balaban J connectivity index is 2.19. The van der Waals surface area contributed by atoms with E-state index in [1.54, 1.807) is 0 Å². The Labute approximate surface area is 144 Å². The zero-order chi connectivity index (χ0) is 17.6. The van der Waals surface area contributed by atoms with E-state index >= 15 is 0 Å². The van der Waals surface area contributed by atoms with Crippen LogP contribution in [-0.4, -0.2) is 32.9 Å². The smallest absolute Gasteiger partial charge is 0.264 e. The van der Waals surface area contributed by atoms with Gasteiger partial charge in [0.2, 0.25) is 5.88 Å². The molecule has 1 heterocycles. The number of hydrogen-bond acceptors (Lipinski definition) is 6. The summed E-state index contributed by atoms with van der Waals surface area (Å²) in [6, 6.07) is 1.81. The average Bonchev–Trinajstić information content (AvgIpc) is 2.43. The molecule has 0 bridgehead atoms. The first kappa shape index (κ1) is 19.0. The van der Waals surface area contributed by atoms with Gasteiger partial charge in [-0.1, -0.05) is 19.8 Å². The minimum Gasteiger partial charge on any atom is -0.493 e. The predicted octanol–water partition coefficient (Wildman–Crippen LogP) is 3.22. The SMILES string of the molecule is CCCCOc1nc(C)cc(OCC2CCC2)c1COS(C)(=O)=O. The highest BCUT2D eigenvalue weighted by atomic mass is 32.2.